The Hall–Kier alpha value is -1.68. The van der Waals surface area contributed by atoms with E-state index in [1.807, 2.05) is 19.2 Å². The van der Waals surface area contributed by atoms with Gasteiger partial charge in [-0.1, -0.05) is 12.1 Å². The van der Waals surface area contributed by atoms with Crippen molar-refractivity contribution in [2.45, 2.75) is 40.3 Å². The van der Waals surface area contributed by atoms with E-state index in [2.05, 4.69) is 62.2 Å². The fraction of sp³-hybridized carbons (Fsp3) is 0.421. The van der Waals surface area contributed by atoms with Crippen LogP contribution >= 0.6 is 35.3 Å². The first-order chi connectivity index (χ1) is 12.7. The first-order valence-electron chi connectivity index (χ1n) is 9.02. The van der Waals surface area contributed by atoms with Gasteiger partial charge in [0.15, 0.2) is 5.96 Å². The van der Waals surface area contributed by atoms with Crippen LogP contribution < -0.4 is 10.6 Å². The molecule has 0 radical (unpaired) electrons. The van der Waals surface area contributed by atoms with Crippen LogP contribution in [-0.2, 0) is 13.1 Å². The molecule has 2 N–H and O–H groups in total. The molecule has 0 amide bonds. The standard InChI is InChI=1S/C19H26N6S.HI/c1-4-20-19(23-13-16-12-22-15(3)26-16)21-10-7-11-25-14(2)24-17-8-5-6-9-18(17)25;/h5-6,8-9,12H,4,7,10-11,13H2,1-3H3,(H2,20,21,23);1H. The summed E-state index contributed by atoms with van der Waals surface area (Å²) in [7, 11) is 0. The molecule has 2 heterocycles. The number of thiazole rings is 1. The van der Waals surface area contributed by atoms with Crippen molar-refractivity contribution >= 4 is 52.3 Å². The molecule has 0 aliphatic heterocycles. The zero-order valence-corrected chi connectivity index (χ0v) is 19.2. The number of aromatic nitrogens is 3. The molecule has 3 rings (SSSR count). The summed E-state index contributed by atoms with van der Waals surface area (Å²) in [4.78, 5) is 14.7. The van der Waals surface area contributed by atoms with E-state index < -0.39 is 0 Å². The van der Waals surface area contributed by atoms with Gasteiger partial charge < -0.3 is 15.2 Å². The van der Waals surface area contributed by atoms with Crippen LogP contribution in [0, 0.1) is 13.8 Å². The van der Waals surface area contributed by atoms with E-state index in [1.165, 1.54) is 10.4 Å². The minimum absolute atomic E-state index is 0. The number of halogens is 1. The molecule has 2 aromatic heterocycles. The number of nitrogens with zero attached hydrogens (tertiary/aromatic N) is 4. The number of imidazole rings is 1. The van der Waals surface area contributed by atoms with E-state index in [4.69, 9.17) is 0 Å². The first-order valence-corrected chi connectivity index (χ1v) is 9.84. The summed E-state index contributed by atoms with van der Waals surface area (Å²) in [6.45, 7) is 9.46. The van der Waals surface area contributed by atoms with Gasteiger partial charge in [-0.2, -0.15) is 0 Å². The molecular formula is C19H27IN6S. The number of benzene rings is 1. The summed E-state index contributed by atoms with van der Waals surface area (Å²) >= 11 is 1.69. The van der Waals surface area contributed by atoms with E-state index in [9.17, 15) is 0 Å². The minimum Gasteiger partial charge on any atom is -0.357 e. The second-order valence-corrected chi connectivity index (χ2v) is 7.44. The molecule has 0 fully saturated rings. The molecule has 0 aliphatic carbocycles. The Labute approximate surface area is 181 Å². The van der Waals surface area contributed by atoms with E-state index >= 15 is 0 Å². The number of hydrogen-bond acceptors (Lipinski definition) is 4. The van der Waals surface area contributed by atoms with Crippen LogP contribution in [0.5, 0.6) is 0 Å². The molecular weight excluding hydrogens is 471 g/mol. The minimum atomic E-state index is 0. The zero-order chi connectivity index (χ0) is 18.4. The average molecular weight is 498 g/mol. The van der Waals surface area contributed by atoms with Crippen molar-refractivity contribution in [2.24, 2.45) is 4.99 Å². The SMILES string of the molecule is CCNC(=NCc1cnc(C)s1)NCCCn1c(C)nc2ccccc21.I. The number of guanidine groups is 1. The van der Waals surface area contributed by atoms with E-state index in [1.54, 1.807) is 11.3 Å². The monoisotopic (exact) mass is 498 g/mol. The second-order valence-electron chi connectivity index (χ2n) is 6.12. The van der Waals surface area contributed by atoms with Gasteiger partial charge in [0.1, 0.15) is 5.82 Å². The topological polar surface area (TPSA) is 67.1 Å². The molecule has 8 heteroatoms. The van der Waals surface area contributed by atoms with Crippen LogP contribution in [0.3, 0.4) is 0 Å². The molecule has 6 nitrogen and oxygen atoms in total. The summed E-state index contributed by atoms with van der Waals surface area (Å²) in [5.74, 6) is 1.91. The number of hydrogen-bond donors (Lipinski definition) is 2. The number of nitrogens with one attached hydrogen (secondary N) is 2. The van der Waals surface area contributed by atoms with Gasteiger partial charge in [-0.25, -0.2) is 15.0 Å². The molecule has 0 unspecified atom stereocenters. The van der Waals surface area contributed by atoms with Crippen LogP contribution in [0.4, 0.5) is 0 Å². The number of rotatable bonds is 7. The Morgan fingerprint density at radius 1 is 1.22 bits per heavy atom. The van der Waals surface area contributed by atoms with Crippen molar-refractivity contribution in [3.8, 4) is 0 Å². The Morgan fingerprint density at radius 3 is 2.78 bits per heavy atom. The second kappa shape index (κ2) is 10.6. The summed E-state index contributed by atoms with van der Waals surface area (Å²) in [6.07, 6.45) is 2.91. The Morgan fingerprint density at radius 2 is 2.04 bits per heavy atom. The number of para-hydroxylation sites is 2. The third kappa shape index (κ3) is 5.90. The highest BCUT2D eigenvalue weighted by atomic mass is 127. The van der Waals surface area contributed by atoms with Gasteiger partial charge in [0.25, 0.3) is 0 Å². The summed E-state index contributed by atoms with van der Waals surface area (Å²) in [5, 5.41) is 7.80. The first kappa shape index (κ1) is 21.6. The van der Waals surface area contributed by atoms with Gasteiger partial charge in [-0.15, -0.1) is 35.3 Å². The fourth-order valence-corrected chi connectivity index (χ4v) is 3.62. The van der Waals surface area contributed by atoms with Gasteiger partial charge >= 0.3 is 0 Å². The smallest absolute Gasteiger partial charge is 0.191 e. The van der Waals surface area contributed by atoms with Gasteiger partial charge in [0, 0.05) is 30.7 Å². The van der Waals surface area contributed by atoms with Crippen LogP contribution in [0.15, 0.2) is 35.5 Å². The molecule has 0 aliphatic rings. The van der Waals surface area contributed by atoms with Crippen molar-refractivity contribution < 1.29 is 0 Å². The third-order valence-corrected chi connectivity index (χ3v) is 5.00. The predicted molar refractivity (Wildman–Crippen MR) is 124 cm³/mol. The molecule has 1 aromatic carbocycles. The predicted octanol–water partition coefficient (Wildman–Crippen LogP) is 3.87. The van der Waals surface area contributed by atoms with Crippen molar-refractivity contribution in [1.29, 1.82) is 0 Å². The summed E-state index contributed by atoms with van der Waals surface area (Å²) < 4.78 is 2.28. The highest BCUT2D eigenvalue weighted by Crippen LogP contribution is 2.15. The molecule has 0 saturated heterocycles. The highest BCUT2D eigenvalue weighted by Gasteiger charge is 2.06. The number of fused-ring (bicyclic) bond motifs is 1. The van der Waals surface area contributed by atoms with Crippen molar-refractivity contribution in [3.63, 3.8) is 0 Å². The van der Waals surface area contributed by atoms with Crippen LogP contribution in [0.25, 0.3) is 11.0 Å². The number of aryl methyl sites for hydroxylation is 3. The lowest BCUT2D eigenvalue weighted by molar-refractivity contribution is 0.624. The van der Waals surface area contributed by atoms with Crippen LogP contribution in [0.1, 0.15) is 29.1 Å². The zero-order valence-electron chi connectivity index (χ0n) is 16.0. The third-order valence-electron chi connectivity index (χ3n) is 4.10. The number of aliphatic imine (C=N–C) groups is 1. The molecule has 0 saturated carbocycles. The van der Waals surface area contributed by atoms with Crippen molar-refractivity contribution in [2.75, 3.05) is 13.1 Å². The quantitative estimate of drug-likeness (QED) is 0.225. The molecule has 0 atom stereocenters. The largest absolute Gasteiger partial charge is 0.357 e. The maximum atomic E-state index is 4.64. The Kier molecular flexibility index (Phi) is 8.49. The molecule has 27 heavy (non-hydrogen) atoms. The Bertz CT molecular complexity index is 885. The molecule has 146 valence electrons. The Balaban J connectivity index is 0.00000261. The lowest BCUT2D eigenvalue weighted by Gasteiger charge is -2.12. The van der Waals surface area contributed by atoms with E-state index in [0.717, 1.165) is 48.4 Å². The molecule has 0 bridgehead atoms. The highest BCUT2D eigenvalue weighted by molar-refractivity contribution is 14.0. The van der Waals surface area contributed by atoms with Crippen molar-refractivity contribution in [1.82, 2.24) is 25.2 Å². The molecule has 3 aromatic rings. The lowest BCUT2D eigenvalue weighted by Crippen LogP contribution is -2.38. The van der Waals surface area contributed by atoms with Gasteiger partial charge in [0.2, 0.25) is 0 Å². The normalized spacial score (nSPS) is 11.4. The van der Waals surface area contributed by atoms with E-state index in [-0.39, 0.29) is 24.0 Å². The summed E-state index contributed by atoms with van der Waals surface area (Å²) in [5.41, 5.74) is 2.26. The van der Waals surface area contributed by atoms with Crippen LogP contribution in [0.2, 0.25) is 0 Å². The molecule has 0 spiro atoms. The van der Waals surface area contributed by atoms with E-state index in [0.29, 0.717) is 6.54 Å². The van der Waals surface area contributed by atoms with Crippen molar-refractivity contribution in [3.05, 3.63) is 46.2 Å². The van der Waals surface area contributed by atoms with Crippen LogP contribution in [-0.4, -0.2) is 33.6 Å². The average Bonchev–Trinajstić information content (AvgIpc) is 3.19. The fourth-order valence-electron chi connectivity index (χ4n) is 2.90. The van der Waals surface area contributed by atoms with Gasteiger partial charge in [-0.3, -0.25) is 0 Å². The maximum Gasteiger partial charge on any atom is 0.191 e. The van der Waals surface area contributed by atoms with Gasteiger partial charge in [0.05, 0.1) is 22.6 Å². The lowest BCUT2D eigenvalue weighted by atomic mass is 10.3. The maximum absolute atomic E-state index is 4.64. The summed E-state index contributed by atoms with van der Waals surface area (Å²) in [6, 6.07) is 8.29. The van der Waals surface area contributed by atoms with Gasteiger partial charge in [-0.05, 0) is 39.3 Å².